The maximum absolute atomic E-state index is 12.2. The molecule has 0 saturated carbocycles. The number of hydrogen-bond donors (Lipinski definition) is 0. The van der Waals surface area contributed by atoms with Gasteiger partial charge in [-0.1, -0.05) is 20.8 Å². The van der Waals surface area contributed by atoms with Crippen LogP contribution in [0.5, 0.6) is 0 Å². The van der Waals surface area contributed by atoms with E-state index in [0.29, 0.717) is 5.75 Å². The lowest BCUT2D eigenvalue weighted by molar-refractivity contribution is 0.438. The van der Waals surface area contributed by atoms with Gasteiger partial charge in [0.1, 0.15) is 0 Å². The van der Waals surface area contributed by atoms with E-state index in [4.69, 9.17) is 0 Å². The zero-order valence-corrected chi connectivity index (χ0v) is 13.4. The summed E-state index contributed by atoms with van der Waals surface area (Å²) < 4.78 is 12.2. The van der Waals surface area contributed by atoms with Crippen molar-refractivity contribution in [1.82, 2.24) is 9.99 Å². The highest BCUT2D eigenvalue weighted by molar-refractivity contribution is 7.85. The molecule has 19 heavy (non-hydrogen) atoms. The van der Waals surface area contributed by atoms with Crippen LogP contribution >= 0.6 is 0 Å². The van der Waals surface area contributed by atoms with Crippen LogP contribution in [0.1, 0.15) is 44.9 Å². The zero-order valence-electron chi connectivity index (χ0n) is 12.6. The van der Waals surface area contributed by atoms with E-state index < -0.39 is 10.8 Å². The maximum Gasteiger partial charge on any atom is 0.0662 e. The second kappa shape index (κ2) is 6.80. The van der Waals surface area contributed by atoms with Crippen LogP contribution in [0.4, 0.5) is 0 Å². The molecule has 0 spiro atoms. The Kier molecular flexibility index (Phi) is 5.66. The molecule has 4 nitrogen and oxygen atoms in total. The molecule has 1 rings (SSSR count). The first-order chi connectivity index (χ1) is 8.86. The molecule has 0 fully saturated rings. The van der Waals surface area contributed by atoms with Gasteiger partial charge in [-0.05, 0) is 18.9 Å². The van der Waals surface area contributed by atoms with Crippen LogP contribution in [-0.4, -0.2) is 39.8 Å². The minimum Gasteiger partial charge on any atom is -0.303 e. The molecule has 0 aliphatic rings. The Morgan fingerprint density at radius 2 is 2.11 bits per heavy atom. The number of hydrazone groups is 1. The first-order valence-corrected chi connectivity index (χ1v) is 7.79. The average molecular weight is 281 g/mol. The van der Waals surface area contributed by atoms with E-state index in [1.165, 1.54) is 0 Å². The van der Waals surface area contributed by atoms with Crippen LogP contribution in [0.2, 0.25) is 0 Å². The molecule has 0 radical (unpaired) electrons. The molecule has 1 atom stereocenters. The van der Waals surface area contributed by atoms with Crippen LogP contribution in [0.15, 0.2) is 22.3 Å². The van der Waals surface area contributed by atoms with Gasteiger partial charge in [0.05, 0.1) is 27.1 Å². The quantitative estimate of drug-likeness (QED) is 0.615. The molecular formula is C14H23N3OS. The molecule has 0 aliphatic heterocycles. The standard InChI is InChI=1S/C14H23N3OS/c1-7-19(18)13-8-12(11(4)16-17(5)6)9-15-14(13)10(2)3/h8-10H,7H2,1-6H3/b16-11+. The van der Waals surface area contributed by atoms with Crippen LogP contribution in [0.3, 0.4) is 0 Å². The van der Waals surface area contributed by atoms with E-state index in [1.54, 1.807) is 5.01 Å². The van der Waals surface area contributed by atoms with E-state index in [9.17, 15) is 4.21 Å². The third kappa shape index (κ3) is 4.13. The number of nitrogens with zero attached hydrogens (tertiary/aromatic N) is 3. The lowest BCUT2D eigenvalue weighted by Gasteiger charge is -2.13. The van der Waals surface area contributed by atoms with Gasteiger partial charge in [-0.15, -0.1) is 0 Å². The largest absolute Gasteiger partial charge is 0.303 e. The number of hydrogen-bond acceptors (Lipinski definition) is 4. The lowest BCUT2D eigenvalue weighted by atomic mass is 10.1. The van der Waals surface area contributed by atoms with Crippen molar-refractivity contribution in [3.05, 3.63) is 23.5 Å². The van der Waals surface area contributed by atoms with Gasteiger partial charge in [-0.2, -0.15) is 5.10 Å². The van der Waals surface area contributed by atoms with E-state index in [1.807, 2.05) is 40.2 Å². The van der Waals surface area contributed by atoms with Crippen molar-refractivity contribution in [3.63, 3.8) is 0 Å². The molecule has 0 aromatic carbocycles. The Morgan fingerprint density at radius 1 is 1.47 bits per heavy atom. The second-order valence-corrected chi connectivity index (χ2v) is 6.64. The molecule has 1 unspecified atom stereocenters. The molecule has 0 aliphatic carbocycles. The molecule has 0 N–H and O–H groups in total. The molecule has 5 heteroatoms. The Balaban J connectivity index is 3.30. The van der Waals surface area contributed by atoms with Crippen molar-refractivity contribution in [3.8, 4) is 0 Å². The Labute approximate surface area is 118 Å². The first kappa shape index (κ1) is 15.8. The topological polar surface area (TPSA) is 45.6 Å². The van der Waals surface area contributed by atoms with Crippen LogP contribution in [0, 0.1) is 0 Å². The van der Waals surface area contributed by atoms with Gasteiger partial charge in [0.2, 0.25) is 0 Å². The molecule has 1 heterocycles. The molecular weight excluding hydrogens is 258 g/mol. The molecule has 0 amide bonds. The Bertz CT molecular complexity index is 495. The third-order valence-electron chi connectivity index (χ3n) is 2.70. The summed E-state index contributed by atoms with van der Waals surface area (Å²) in [5.74, 6) is 0.875. The predicted octanol–water partition coefficient (Wildman–Crippen LogP) is 2.62. The number of rotatable bonds is 5. The summed E-state index contributed by atoms with van der Waals surface area (Å²) in [5, 5.41) is 6.11. The van der Waals surface area contributed by atoms with Crippen LogP contribution in [0.25, 0.3) is 0 Å². The van der Waals surface area contributed by atoms with Gasteiger partial charge in [0.15, 0.2) is 0 Å². The molecule has 106 valence electrons. The molecule has 1 aromatic heterocycles. The molecule has 0 saturated heterocycles. The SMILES string of the molecule is CCS(=O)c1cc(/C(C)=N/N(C)C)cnc1C(C)C. The highest BCUT2D eigenvalue weighted by Gasteiger charge is 2.14. The summed E-state index contributed by atoms with van der Waals surface area (Å²) in [4.78, 5) is 5.32. The van der Waals surface area contributed by atoms with E-state index in [-0.39, 0.29) is 5.92 Å². The van der Waals surface area contributed by atoms with Crippen molar-refractivity contribution in [2.75, 3.05) is 19.8 Å². The normalized spacial score (nSPS) is 13.7. The van der Waals surface area contributed by atoms with Gasteiger partial charge < -0.3 is 5.01 Å². The zero-order chi connectivity index (χ0) is 14.6. The van der Waals surface area contributed by atoms with Gasteiger partial charge in [0, 0.05) is 31.6 Å². The number of pyridine rings is 1. The van der Waals surface area contributed by atoms with Gasteiger partial charge in [-0.25, -0.2) is 0 Å². The smallest absolute Gasteiger partial charge is 0.0662 e. The summed E-state index contributed by atoms with van der Waals surface area (Å²) >= 11 is 0. The van der Waals surface area contributed by atoms with E-state index in [2.05, 4.69) is 23.9 Å². The average Bonchev–Trinajstić information content (AvgIpc) is 2.36. The van der Waals surface area contributed by atoms with Crippen molar-refractivity contribution >= 4 is 16.5 Å². The first-order valence-electron chi connectivity index (χ1n) is 6.48. The van der Waals surface area contributed by atoms with Crippen LogP contribution in [-0.2, 0) is 10.8 Å². The Hall–Kier alpha value is -1.23. The predicted molar refractivity (Wildman–Crippen MR) is 81.2 cm³/mol. The lowest BCUT2D eigenvalue weighted by Crippen LogP contribution is -2.10. The molecule has 1 aromatic rings. The minimum absolute atomic E-state index is 0.269. The fourth-order valence-electron chi connectivity index (χ4n) is 1.78. The third-order valence-corrected chi connectivity index (χ3v) is 4.05. The second-order valence-electron chi connectivity index (χ2n) is 4.93. The van der Waals surface area contributed by atoms with E-state index in [0.717, 1.165) is 21.9 Å². The summed E-state index contributed by atoms with van der Waals surface area (Å²) in [6.07, 6.45) is 1.81. The fraction of sp³-hybridized carbons (Fsp3) is 0.571. The summed E-state index contributed by atoms with van der Waals surface area (Å²) in [6, 6.07) is 1.96. The maximum atomic E-state index is 12.2. The van der Waals surface area contributed by atoms with Gasteiger partial charge in [0.25, 0.3) is 0 Å². The monoisotopic (exact) mass is 281 g/mol. The summed E-state index contributed by atoms with van der Waals surface area (Å²) in [5.41, 5.74) is 2.72. The minimum atomic E-state index is -0.993. The molecule has 0 bridgehead atoms. The fourth-order valence-corrected chi connectivity index (χ4v) is 2.87. The summed E-state index contributed by atoms with van der Waals surface area (Å²) in [7, 11) is 2.77. The number of aromatic nitrogens is 1. The highest BCUT2D eigenvalue weighted by atomic mass is 32.2. The highest BCUT2D eigenvalue weighted by Crippen LogP contribution is 2.22. The van der Waals surface area contributed by atoms with Crippen molar-refractivity contribution in [2.24, 2.45) is 5.10 Å². The van der Waals surface area contributed by atoms with Crippen LogP contribution < -0.4 is 0 Å². The van der Waals surface area contributed by atoms with Crippen molar-refractivity contribution in [2.45, 2.75) is 38.5 Å². The summed E-state index contributed by atoms with van der Waals surface area (Å²) in [6.45, 7) is 8.00. The van der Waals surface area contributed by atoms with Gasteiger partial charge in [-0.3, -0.25) is 9.19 Å². The van der Waals surface area contributed by atoms with Crippen molar-refractivity contribution in [1.29, 1.82) is 0 Å². The van der Waals surface area contributed by atoms with Gasteiger partial charge >= 0.3 is 0 Å². The Morgan fingerprint density at radius 3 is 2.58 bits per heavy atom. The van der Waals surface area contributed by atoms with Crippen molar-refractivity contribution < 1.29 is 4.21 Å². The van der Waals surface area contributed by atoms with E-state index >= 15 is 0 Å².